The van der Waals surface area contributed by atoms with Crippen LogP contribution in [0.15, 0.2) is 66.7 Å². The van der Waals surface area contributed by atoms with E-state index in [-0.39, 0.29) is 6.61 Å². The van der Waals surface area contributed by atoms with E-state index >= 15 is 0 Å². The topological polar surface area (TPSA) is 70.9 Å². The smallest absolute Gasteiger partial charge is 0.168 e. The molecular formula is C24H18ClN3O2. The fourth-order valence-corrected chi connectivity index (χ4v) is 3.31. The number of halogens is 1. The van der Waals surface area contributed by atoms with Gasteiger partial charge in [0.05, 0.1) is 23.7 Å². The fraction of sp³-hybridized carbons (Fsp3) is 0.0833. The Kier molecular flexibility index (Phi) is 5.69. The normalized spacial score (nSPS) is 11.3. The highest BCUT2D eigenvalue weighted by molar-refractivity contribution is 6.31. The number of allylic oxidation sites excluding steroid dienone is 1. The molecule has 0 fully saturated rings. The third kappa shape index (κ3) is 4.00. The molecule has 6 heteroatoms. The van der Waals surface area contributed by atoms with Crippen LogP contribution in [-0.2, 0) is 6.61 Å². The van der Waals surface area contributed by atoms with E-state index in [1.807, 2.05) is 66.7 Å². The monoisotopic (exact) mass is 415 g/mol. The molecule has 0 aliphatic carbocycles. The average molecular weight is 416 g/mol. The number of para-hydroxylation sites is 3. The average Bonchev–Trinajstić information content (AvgIpc) is 3.21. The number of hydrogen-bond acceptors (Lipinski definition) is 4. The van der Waals surface area contributed by atoms with Crippen molar-refractivity contribution in [3.05, 3.63) is 88.7 Å². The first-order chi connectivity index (χ1) is 14.7. The first-order valence-electron chi connectivity index (χ1n) is 9.29. The molecule has 4 rings (SSSR count). The van der Waals surface area contributed by atoms with Crippen molar-refractivity contribution < 1.29 is 9.47 Å². The van der Waals surface area contributed by atoms with E-state index in [2.05, 4.69) is 16.0 Å². The summed E-state index contributed by atoms with van der Waals surface area (Å²) in [5.41, 5.74) is 3.63. The fourth-order valence-electron chi connectivity index (χ4n) is 3.12. The third-order valence-corrected chi connectivity index (χ3v) is 4.99. The Morgan fingerprint density at radius 2 is 1.90 bits per heavy atom. The number of nitrogens with zero attached hydrogens (tertiary/aromatic N) is 2. The minimum absolute atomic E-state index is 0.271. The Balaban J connectivity index is 1.72. The first-order valence-corrected chi connectivity index (χ1v) is 9.67. The minimum Gasteiger partial charge on any atom is -0.493 e. The third-order valence-electron chi connectivity index (χ3n) is 4.62. The van der Waals surface area contributed by atoms with E-state index in [4.69, 9.17) is 21.1 Å². The molecule has 0 saturated carbocycles. The molecule has 0 saturated heterocycles. The lowest BCUT2D eigenvalue weighted by Gasteiger charge is -2.14. The van der Waals surface area contributed by atoms with Gasteiger partial charge in [0.2, 0.25) is 0 Å². The van der Waals surface area contributed by atoms with Gasteiger partial charge < -0.3 is 14.5 Å². The maximum absolute atomic E-state index is 9.76. The summed E-state index contributed by atoms with van der Waals surface area (Å²) in [7, 11) is 1.58. The zero-order chi connectivity index (χ0) is 20.9. The minimum atomic E-state index is 0.271. The number of fused-ring (bicyclic) bond motifs is 1. The highest BCUT2D eigenvalue weighted by atomic mass is 35.5. The second kappa shape index (κ2) is 8.73. The van der Waals surface area contributed by atoms with Gasteiger partial charge in [-0.15, -0.1) is 0 Å². The van der Waals surface area contributed by atoms with Crippen LogP contribution in [0.1, 0.15) is 17.0 Å². The summed E-state index contributed by atoms with van der Waals surface area (Å²) in [5.74, 6) is 1.60. The second-order valence-electron chi connectivity index (χ2n) is 6.53. The first kappa shape index (κ1) is 19.6. The quantitative estimate of drug-likeness (QED) is 0.400. The molecular weight excluding hydrogens is 398 g/mol. The van der Waals surface area contributed by atoms with E-state index in [1.54, 1.807) is 13.2 Å². The molecule has 5 nitrogen and oxygen atoms in total. The van der Waals surface area contributed by atoms with Gasteiger partial charge in [0.25, 0.3) is 0 Å². The summed E-state index contributed by atoms with van der Waals surface area (Å²) in [4.78, 5) is 7.71. The number of rotatable bonds is 6. The standard InChI is InChI=1S/C24H18ClN3O2/c1-29-22-12-6-8-16(23(22)30-15-17-7-2-3-9-19(17)25)13-18(14-26)24-27-20-10-4-5-11-21(20)28-24/h2-13H,15H2,1H3,(H,27,28). The summed E-state index contributed by atoms with van der Waals surface area (Å²) in [6.07, 6.45) is 1.74. The van der Waals surface area contributed by atoms with E-state index in [0.29, 0.717) is 33.5 Å². The molecule has 0 amide bonds. The molecule has 0 aliphatic rings. The predicted octanol–water partition coefficient (Wildman–Crippen LogP) is 5.87. The van der Waals surface area contributed by atoms with Crippen molar-refractivity contribution >= 4 is 34.3 Å². The number of benzene rings is 3. The highest BCUT2D eigenvalue weighted by Gasteiger charge is 2.14. The van der Waals surface area contributed by atoms with Crippen molar-refractivity contribution in [2.75, 3.05) is 7.11 Å². The predicted molar refractivity (Wildman–Crippen MR) is 118 cm³/mol. The highest BCUT2D eigenvalue weighted by Crippen LogP contribution is 2.34. The van der Waals surface area contributed by atoms with Crippen LogP contribution in [0, 0.1) is 11.3 Å². The van der Waals surface area contributed by atoms with Crippen LogP contribution in [-0.4, -0.2) is 17.1 Å². The van der Waals surface area contributed by atoms with Crippen molar-refractivity contribution in [2.24, 2.45) is 0 Å². The molecule has 0 radical (unpaired) electrons. The van der Waals surface area contributed by atoms with Gasteiger partial charge in [-0.1, -0.05) is 54.1 Å². The van der Waals surface area contributed by atoms with Crippen LogP contribution in [0.2, 0.25) is 5.02 Å². The van der Waals surface area contributed by atoms with Gasteiger partial charge in [-0.3, -0.25) is 0 Å². The van der Waals surface area contributed by atoms with Gasteiger partial charge in [-0.25, -0.2) is 4.98 Å². The molecule has 30 heavy (non-hydrogen) atoms. The Morgan fingerprint density at radius 1 is 1.10 bits per heavy atom. The van der Waals surface area contributed by atoms with Crippen molar-refractivity contribution in [2.45, 2.75) is 6.61 Å². The largest absolute Gasteiger partial charge is 0.493 e. The van der Waals surface area contributed by atoms with Gasteiger partial charge >= 0.3 is 0 Å². The number of nitriles is 1. The number of methoxy groups -OCH3 is 1. The van der Waals surface area contributed by atoms with Crippen molar-refractivity contribution in [3.8, 4) is 17.6 Å². The zero-order valence-corrected chi connectivity index (χ0v) is 17.0. The number of aromatic amines is 1. The maximum Gasteiger partial charge on any atom is 0.168 e. The molecule has 0 spiro atoms. The van der Waals surface area contributed by atoms with Crippen LogP contribution in [0.25, 0.3) is 22.7 Å². The van der Waals surface area contributed by atoms with Gasteiger partial charge in [-0.05, 0) is 30.3 Å². The number of hydrogen-bond donors (Lipinski definition) is 1. The van der Waals surface area contributed by atoms with Crippen LogP contribution < -0.4 is 9.47 Å². The summed E-state index contributed by atoms with van der Waals surface area (Å²) in [6.45, 7) is 0.271. The van der Waals surface area contributed by atoms with E-state index in [9.17, 15) is 5.26 Å². The second-order valence-corrected chi connectivity index (χ2v) is 6.94. The molecule has 4 aromatic rings. The number of H-pyrrole nitrogens is 1. The van der Waals surface area contributed by atoms with Crippen molar-refractivity contribution in [1.29, 1.82) is 5.26 Å². The SMILES string of the molecule is COc1cccc(C=C(C#N)c2nc3ccccc3[nH]2)c1OCc1ccccc1Cl. The maximum atomic E-state index is 9.76. The molecule has 148 valence electrons. The number of imidazole rings is 1. The number of aromatic nitrogens is 2. The van der Waals surface area contributed by atoms with Gasteiger partial charge in [0.1, 0.15) is 18.5 Å². The van der Waals surface area contributed by atoms with Crippen LogP contribution in [0.3, 0.4) is 0 Å². The van der Waals surface area contributed by atoms with E-state index < -0.39 is 0 Å². The van der Waals surface area contributed by atoms with Crippen LogP contribution in [0.4, 0.5) is 0 Å². The lowest BCUT2D eigenvalue weighted by molar-refractivity contribution is 0.284. The molecule has 0 bridgehead atoms. The summed E-state index contributed by atoms with van der Waals surface area (Å²) in [6, 6.07) is 22.9. The van der Waals surface area contributed by atoms with Gasteiger partial charge in [-0.2, -0.15) is 5.26 Å². The Labute approximate surface area is 179 Å². The summed E-state index contributed by atoms with van der Waals surface area (Å²) >= 11 is 6.25. The van der Waals surface area contributed by atoms with Crippen molar-refractivity contribution in [1.82, 2.24) is 9.97 Å². The Hall–Kier alpha value is -3.75. The van der Waals surface area contributed by atoms with Gasteiger partial charge in [0.15, 0.2) is 11.5 Å². The van der Waals surface area contributed by atoms with Crippen LogP contribution in [0.5, 0.6) is 11.5 Å². The Morgan fingerprint density at radius 3 is 2.67 bits per heavy atom. The molecule has 1 N–H and O–H groups in total. The van der Waals surface area contributed by atoms with E-state index in [1.165, 1.54) is 0 Å². The summed E-state index contributed by atoms with van der Waals surface area (Å²) in [5, 5.41) is 10.4. The number of nitrogens with one attached hydrogen (secondary N) is 1. The summed E-state index contributed by atoms with van der Waals surface area (Å²) < 4.78 is 11.6. The molecule has 0 atom stereocenters. The lowest BCUT2D eigenvalue weighted by Crippen LogP contribution is -2.00. The van der Waals surface area contributed by atoms with Gasteiger partial charge in [0, 0.05) is 16.1 Å². The van der Waals surface area contributed by atoms with E-state index in [0.717, 1.165) is 16.6 Å². The number of ether oxygens (including phenoxy) is 2. The lowest BCUT2D eigenvalue weighted by atomic mass is 10.1. The zero-order valence-electron chi connectivity index (χ0n) is 16.2. The Bertz CT molecular complexity index is 1240. The molecule has 0 unspecified atom stereocenters. The van der Waals surface area contributed by atoms with Crippen molar-refractivity contribution in [3.63, 3.8) is 0 Å². The molecule has 1 aromatic heterocycles. The molecule has 0 aliphatic heterocycles. The van der Waals surface area contributed by atoms with Crippen LogP contribution >= 0.6 is 11.6 Å². The molecule has 3 aromatic carbocycles. The molecule has 1 heterocycles.